The molecule has 0 heterocycles. The Morgan fingerprint density at radius 2 is 1.36 bits per heavy atom. The Morgan fingerprint density at radius 1 is 0.797 bits per heavy atom. The number of alkyl halides is 1. The Bertz CT molecular complexity index is 1430. The van der Waals surface area contributed by atoms with Crippen LogP contribution in [0, 0.1) is 5.92 Å². The topological polar surface area (TPSA) is 230 Å². The lowest BCUT2D eigenvalue weighted by Gasteiger charge is -2.52. The number of amides is 1. The second-order valence-corrected chi connectivity index (χ2v) is 21.0. The van der Waals surface area contributed by atoms with Crippen molar-refractivity contribution in [3.05, 3.63) is 11.6 Å². The molecule has 0 bridgehead atoms. The number of allylic oxidation sites excluding steroid dienone is 1. The summed E-state index contributed by atoms with van der Waals surface area (Å²) in [6, 6.07) is 0. The Balaban J connectivity index is 2.33. The number of hydrogen-bond acceptors (Lipinski definition) is 15. The Labute approximate surface area is 420 Å². The molecule has 406 valence electrons. The van der Waals surface area contributed by atoms with Gasteiger partial charge in [0.1, 0.15) is 18.8 Å². The molecule has 1 rings (SSSR count). The molecule has 6 atom stereocenters. The molecule has 17 nitrogen and oxygen atoms in total. The molecule has 1 aliphatic rings. The van der Waals surface area contributed by atoms with Crippen LogP contribution in [0.4, 0.5) is 4.79 Å². The molecule has 2 unspecified atom stereocenters. The quantitative estimate of drug-likeness (QED) is 0.00634. The summed E-state index contributed by atoms with van der Waals surface area (Å²) in [5.74, 6) is -1.52. The van der Waals surface area contributed by atoms with Gasteiger partial charge in [-0.25, -0.2) is 14.8 Å². The monoisotopic (exact) mass is 1030 g/mol. The number of aliphatic hydroxyl groups is 1. The Kier molecular flexibility index (Phi) is 37.4. The minimum atomic E-state index is -4.52. The van der Waals surface area contributed by atoms with Crippen LogP contribution in [0.2, 0.25) is 0 Å². The number of nitrogens with one attached hydrogen (secondary N) is 3. The van der Waals surface area contributed by atoms with E-state index >= 15 is 0 Å². The maximum atomic E-state index is 12.8. The van der Waals surface area contributed by atoms with E-state index in [2.05, 4.69) is 17.6 Å². The summed E-state index contributed by atoms with van der Waals surface area (Å²) in [5.41, 5.74) is 0.845. The molecule has 1 saturated carbocycles. The molecule has 19 heteroatoms. The lowest BCUT2D eigenvalue weighted by Crippen LogP contribution is -2.64. The molecule has 69 heavy (non-hydrogen) atoms. The van der Waals surface area contributed by atoms with Gasteiger partial charge in [0.25, 0.3) is 0 Å². The zero-order valence-corrected chi connectivity index (χ0v) is 45.0. The first-order valence-electron chi connectivity index (χ1n) is 26.1. The summed E-state index contributed by atoms with van der Waals surface area (Å²) in [5, 5.41) is 26.4. The lowest BCUT2D eigenvalue weighted by molar-refractivity contribution is -0.215. The number of methoxy groups -OCH3 is 1. The van der Waals surface area contributed by atoms with Crippen LogP contribution in [0.3, 0.4) is 0 Å². The SMILES string of the molecule is CCCCCCCCCCCCCCCCC(=O)OCC(COP(=O)(O)OCCNO)OC(=O)CCCCCCCCNCCNC(=O)O[C@@H]1CC[C@](O)(CCl)[C@@H](C(C)(C)OCC=C(C)C)[C@@H]1OC. The molecule has 1 amide bonds. The van der Waals surface area contributed by atoms with E-state index in [1.54, 1.807) is 0 Å². The predicted molar refractivity (Wildman–Crippen MR) is 269 cm³/mol. The van der Waals surface area contributed by atoms with Crippen molar-refractivity contribution >= 4 is 37.5 Å². The van der Waals surface area contributed by atoms with Crippen LogP contribution >= 0.6 is 19.4 Å². The van der Waals surface area contributed by atoms with Gasteiger partial charge in [-0.1, -0.05) is 128 Å². The summed E-state index contributed by atoms with van der Waals surface area (Å²) in [6.45, 7) is 10.8. The number of halogens is 1. The van der Waals surface area contributed by atoms with Gasteiger partial charge in [0, 0.05) is 45.5 Å². The number of phosphoric ester groups is 1. The van der Waals surface area contributed by atoms with Crippen LogP contribution in [-0.2, 0) is 46.9 Å². The van der Waals surface area contributed by atoms with Crippen molar-refractivity contribution in [2.45, 2.75) is 218 Å². The molecule has 6 N–H and O–H groups in total. The van der Waals surface area contributed by atoms with Crippen molar-refractivity contribution in [2.24, 2.45) is 5.92 Å². The number of hydroxylamine groups is 1. The fourth-order valence-electron chi connectivity index (χ4n) is 8.64. The molecule has 1 fully saturated rings. The zero-order valence-electron chi connectivity index (χ0n) is 43.4. The fourth-order valence-corrected chi connectivity index (χ4v) is 9.69. The van der Waals surface area contributed by atoms with Crippen LogP contribution in [0.1, 0.15) is 189 Å². The average molecular weight is 1030 g/mol. The molecular weight excluding hydrogens is 933 g/mol. The third-order valence-corrected chi connectivity index (χ3v) is 14.0. The minimum absolute atomic E-state index is 0.00243. The molecule has 0 aliphatic heterocycles. The number of phosphoric acid groups is 1. The highest BCUT2D eigenvalue weighted by Crippen LogP contribution is 2.45. The number of carbonyl (C=O) groups excluding carboxylic acids is 3. The summed E-state index contributed by atoms with van der Waals surface area (Å²) in [4.78, 5) is 48.0. The summed E-state index contributed by atoms with van der Waals surface area (Å²) in [6.07, 6.45) is 22.3. The van der Waals surface area contributed by atoms with E-state index in [1.807, 2.05) is 39.3 Å². The molecule has 0 saturated heterocycles. The van der Waals surface area contributed by atoms with Crippen molar-refractivity contribution < 1.29 is 66.9 Å². The standard InChI is InChI=1S/C50H95ClN3O14P/c1-7-8-9-10-11-12-13-14-15-16-17-18-21-24-27-44(55)63-38-42(39-66-69(60,61)65-37-35-54-59)67-45(56)28-25-22-19-20-23-26-32-52-33-34-53-48(57)68-43-29-31-50(58,40-51)47(46(43)62-6)49(4,5)64-36-30-41(2)3/h30,42-43,46-47,52,54,58-59H,7-29,31-40H2,1-6H3,(H,53,57)(H,60,61)/t42?,43-,46-,47-,50+/m1/s1. The van der Waals surface area contributed by atoms with Crippen LogP contribution in [0.25, 0.3) is 0 Å². The van der Waals surface area contributed by atoms with E-state index in [1.165, 1.54) is 71.3 Å². The number of hydrogen-bond donors (Lipinski definition) is 6. The average Bonchev–Trinajstić information content (AvgIpc) is 3.30. The van der Waals surface area contributed by atoms with Gasteiger partial charge in [0.15, 0.2) is 6.10 Å². The number of carbonyl (C=O) groups is 3. The second kappa shape index (κ2) is 39.6. The highest BCUT2D eigenvalue weighted by atomic mass is 35.5. The zero-order chi connectivity index (χ0) is 51.2. The van der Waals surface area contributed by atoms with Crippen molar-refractivity contribution in [1.29, 1.82) is 0 Å². The van der Waals surface area contributed by atoms with Gasteiger partial charge in [-0.05, 0) is 66.3 Å². The maximum Gasteiger partial charge on any atom is 0.472 e. The number of alkyl carbamates (subject to hydrolysis) is 1. The second-order valence-electron chi connectivity index (χ2n) is 19.3. The van der Waals surface area contributed by atoms with E-state index in [4.69, 9.17) is 49.5 Å². The predicted octanol–water partition coefficient (Wildman–Crippen LogP) is 10.00. The van der Waals surface area contributed by atoms with Gasteiger partial charge in [-0.3, -0.25) is 18.6 Å². The summed E-state index contributed by atoms with van der Waals surface area (Å²) < 4.78 is 50.8. The van der Waals surface area contributed by atoms with Gasteiger partial charge in [-0.15, -0.1) is 11.6 Å². The minimum Gasteiger partial charge on any atom is -0.462 e. The highest BCUT2D eigenvalue weighted by Gasteiger charge is 2.56. The lowest BCUT2D eigenvalue weighted by atomic mass is 9.66. The van der Waals surface area contributed by atoms with Gasteiger partial charge in [0.2, 0.25) is 0 Å². The van der Waals surface area contributed by atoms with Crippen molar-refractivity contribution in [1.82, 2.24) is 16.1 Å². The third kappa shape index (κ3) is 32.0. The molecule has 0 aromatic carbocycles. The number of ether oxygens (including phenoxy) is 5. The fraction of sp³-hybridized carbons (Fsp3) is 0.900. The van der Waals surface area contributed by atoms with E-state index in [-0.39, 0.29) is 38.5 Å². The highest BCUT2D eigenvalue weighted by molar-refractivity contribution is 7.47. The van der Waals surface area contributed by atoms with Crippen molar-refractivity contribution in [2.75, 3.05) is 65.6 Å². The third-order valence-electron chi connectivity index (χ3n) is 12.5. The molecule has 1 aliphatic carbocycles. The number of unbranched alkanes of at least 4 members (excludes halogenated alkanes) is 18. The molecule has 0 aromatic rings. The smallest absolute Gasteiger partial charge is 0.462 e. The van der Waals surface area contributed by atoms with Crippen molar-refractivity contribution in [3.8, 4) is 0 Å². The molecule has 0 aromatic heterocycles. The van der Waals surface area contributed by atoms with E-state index in [0.29, 0.717) is 45.4 Å². The van der Waals surface area contributed by atoms with Crippen LogP contribution < -0.4 is 16.1 Å². The van der Waals surface area contributed by atoms with E-state index < -0.39 is 67.9 Å². The number of esters is 2. The first-order valence-corrected chi connectivity index (χ1v) is 28.1. The van der Waals surface area contributed by atoms with Crippen molar-refractivity contribution in [3.63, 3.8) is 0 Å². The summed E-state index contributed by atoms with van der Waals surface area (Å²) in [7, 11) is -2.98. The van der Waals surface area contributed by atoms with E-state index in [9.17, 15) is 28.9 Å². The molecule has 0 radical (unpaired) electrons. The largest absolute Gasteiger partial charge is 0.472 e. The summed E-state index contributed by atoms with van der Waals surface area (Å²) >= 11 is 6.29. The van der Waals surface area contributed by atoms with Crippen LogP contribution in [-0.4, -0.2) is 128 Å². The van der Waals surface area contributed by atoms with Crippen LogP contribution in [0.15, 0.2) is 11.6 Å². The molecule has 0 spiro atoms. The number of rotatable bonds is 44. The van der Waals surface area contributed by atoms with Gasteiger partial charge >= 0.3 is 25.9 Å². The first kappa shape index (κ1) is 65.1. The maximum absolute atomic E-state index is 12.8. The van der Waals surface area contributed by atoms with Gasteiger partial charge in [-0.2, -0.15) is 0 Å². The normalized spacial score (nSPS) is 19.7. The first-order chi connectivity index (χ1) is 33.0. The van der Waals surface area contributed by atoms with Gasteiger partial charge in [0.05, 0.1) is 36.9 Å². The Morgan fingerprint density at radius 3 is 1.91 bits per heavy atom. The van der Waals surface area contributed by atoms with Gasteiger partial charge < -0.3 is 49.5 Å². The Hall–Kier alpha value is -1.89. The van der Waals surface area contributed by atoms with E-state index in [0.717, 1.165) is 63.5 Å². The van der Waals surface area contributed by atoms with Crippen LogP contribution in [0.5, 0.6) is 0 Å². The molecular formula is C50H95ClN3O14P.